The Morgan fingerprint density at radius 2 is 1.83 bits per heavy atom. The molecule has 1 heterocycles. The fraction of sp³-hybridized carbons (Fsp3) is 0.316. The molecule has 24 heavy (non-hydrogen) atoms. The van der Waals surface area contributed by atoms with Crippen LogP contribution in [0.25, 0.3) is 0 Å². The van der Waals surface area contributed by atoms with E-state index in [0.717, 1.165) is 29.2 Å². The lowest BCUT2D eigenvalue weighted by Gasteiger charge is -2.19. The number of ether oxygens (including phenoxy) is 2. The van der Waals surface area contributed by atoms with Gasteiger partial charge in [0.15, 0.2) is 11.5 Å². The van der Waals surface area contributed by atoms with Crippen LogP contribution in [-0.2, 0) is 11.2 Å². The molecule has 2 aromatic carbocycles. The van der Waals surface area contributed by atoms with Gasteiger partial charge in [-0.25, -0.2) is 0 Å². The van der Waals surface area contributed by atoms with E-state index in [1.165, 1.54) is 0 Å². The van der Waals surface area contributed by atoms with Crippen LogP contribution in [0.4, 0.5) is 5.69 Å². The number of amides is 1. The molecule has 0 spiro atoms. The number of fused-ring (bicyclic) bond motifs is 1. The van der Waals surface area contributed by atoms with E-state index in [1.807, 2.05) is 60.5 Å². The number of para-hydroxylation sites is 1. The molecule has 0 bridgehead atoms. The fourth-order valence-electron chi connectivity index (χ4n) is 2.63. The minimum atomic E-state index is 0.0129. The van der Waals surface area contributed by atoms with Gasteiger partial charge in [0.1, 0.15) is 13.2 Å². The van der Waals surface area contributed by atoms with Gasteiger partial charge in [-0.15, -0.1) is 0 Å². The minimum absolute atomic E-state index is 0.0129. The second-order valence-electron chi connectivity index (χ2n) is 5.77. The molecule has 2 aromatic rings. The number of nitrogens with zero attached hydrogens (tertiary/aromatic N) is 1. The summed E-state index contributed by atoms with van der Waals surface area (Å²) in [5.74, 6) is 1.59. The van der Waals surface area contributed by atoms with Crippen LogP contribution >= 0.6 is 0 Å². The molecule has 1 N–H and O–H groups in total. The van der Waals surface area contributed by atoms with E-state index in [0.29, 0.717) is 26.3 Å². The van der Waals surface area contributed by atoms with Gasteiger partial charge < -0.3 is 19.7 Å². The third-order valence-electron chi connectivity index (χ3n) is 3.92. The van der Waals surface area contributed by atoms with Gasteiger partial charge in [-0.05, 0) is 36.2 Å². The summed E-state index contributed by atoms with van der Waals surface area (Å²) in [4.78, 5) is 14.0. The number of hydrogen-bond acceptors (Lipinski definition) is 4. The average Bonchev–Trinajstić information content (AvgIpc) is 2.62. The maximum absolute atomic E-state index is 12.1. The number of likely N-dealkylation sites (N-methyl/N-ethyl adjacent to an activating group) is 1. The Morgan fingerprint density at radius 1 is 1.08 bits per heavy atom. The number of rotatable bonds is 6. The lowest BCUT2D eigenvalue weighted by Crippen LogP contribution is -2.36. The van der Waals surface area contributed by atoms with Crippen molar-refractivity contribution in [1.29, 1.82) is 0 Å². The normalized spacial score (nSPS) is 12.5. The Kier molecular flexibility index (Phi) is 5.21. The van der Waals surface area contributed by atoms with Crippen LogP contribution in [0.1, 0.15) is 5.56 Å². The molecule has 1 aliphatic heterocycles. The Bertz CT molecular complexity index is 688. The highest BCUT2D eigenvalue weighted by atomic mass is 16.6. The first-order valence-electron chi connectivity index (χ1n) is 8.14. The number of hydrogen-bond donors (Lipinski definition) is 1. The largest absolute Gasteiger partial charge is 0.486 e. The van der Waals surface area contributed by atoms with Crippen molar-refractivity contribution in [3.8, 4) is 11.5 Å². The van der Waals surface area contributed by atoms with Crippen molar-refractivity contribution in [2.45, 2.75) is 6.42 Å². The van der Waals surface area contributed by atoms with Crippen molar-refractivity contribution < 1.29 is 14.3 Å². The number of anilines is 1. The maximum atomic E-state index is 12.1. The van der Waals surface area contributed by atoms with Crippen molar-refractivity contribution >= 4 is 11.6 Å². The van der Waals surface area contributed by atoms with Crippen LogP contribution in [0.15, 0.2) is 48.5 Å². The van der Waals surface area contributed by atoms with Crippen LogP contribution in [0.3, 0.4) is 0 Å². The van der Waals surface area contributed by atoms with E-state index in [9.17, 15) is 4.79 Å². The highest BCUT2D eigenvalue weighted by Gasteiger charge is 2.12. The van der Waals surface area contributed by atoms with Crippen LogP contribution in [-0.4, -0.2) is 39.3 Å². The van der Waals surface area contributed by atoms with E-state index < -0.39 is 0 Å². The monoisotopic (exact) mass is 326 g/mol. The zero-order valence-electron chi connectivity index (χ0n) is 13.8. The topological polar surface area (TPSA) is 50.8 Å². The summed E-state index contributed by atoms with van der Waals surface area (Å²) in [6.07, 6.45) is 0.761. The van der Waals surface area contributed by atoms with E-state index in [1.54, 1.807) is 0 Å². The summed E-state index contributed by atoms with van der Waals surface area (Å²) in [6, 6.07) is 15.8. The number of carbonyl (C=O) groups excluding carboxylic acids is 1. The van der Waals surface area contributed by atoms with Crippen molar-refractivity contribution in [1.82, 2.24) is 5.32 Å². The first kappa shape index (κ1) is 16.2. The first-order chi connectivity index (χ1) is 11.7. The Labute approximate surface area is 142 Å². The molecule has 0 atom stereocenters. The molecule has 0 aromatic heterocycles. The molecule has 5 heteroatoms. The summed E-state index contributed by atoms with van der Waals surface area (Å²) in [6.45, 7) is 2.11. The van der Waals surface area contributed by atoms with Gasteiger partial charge in [0, 0.05) is 19.3 Å². The summed E-state index contributed by atoms with van der Waals surface area (Å²) < 4.78 is 11.1. The standard InChI is InChI=1S/C19H22N2O3/c1-21(16-5-3-2-4-6-16)14-19(22)20-10-9-15-7-8-17-18(13-15)24-12-11-23-17/h2-8,13H,9-12,14H2,1H3,(H,20,22). The molecule has 0 saturated heterocycles. The van der Waals surface area contributed by atoms with Gasteiger partial charge in [0.05, 0.1) is 6.54 Å². The average molecular weight is 326 g/mol. The van der Waals surface area contributed by atoms with E-state index in [-0.39, 0.29) is 5.91 Å². The molecule has 0 radical (unpaired) electrons. The SMILES string of the molecule is CN(CC(=O)NCCc1ccc2c(c1)OCCO2)c1ccccc1. The van der Waals surface area contributed by atoms with E-state index >= 15 is 0 Å². The Hall–Kier alpha value is -2.69. The summed E-state index contributed by atoms with van der Waals surface area (Å²) >= 11 is 0. The van der Waals surface area contributed by atoms with Gasteiger partial charge in [-0.3, -0.25) is 4.79 Å². The molecule has 0 fully saturated rings. The predicted octanol–water partition coefficient (Wildman–Crippen LogP) is 2.25. The highest BCUT2D eigenvalue weighted by molar-refractivity contribution is 5.81. The molecule has 3 rings (SSSR count). The zero-order valence-corrected chi connectivity index (χ0v) is 13.8. The van der Waals surface area contributed by atoms with E-state index in [2.05, 4.69) is 5.32 Å². The number of carbonyl (C=O) groups is 1. The lowest BCUT2D eigenvalue weighted by molar-refractivity contribution is -0.119. The number of nitrogens with one attached hydrogen (secondary N) is 1. The van der Waals surface area contributed by atoms with E-state index in [4.69, 9.17) is 9.47 Å². The van der Waals surface area contributed by atoms with Crippen LogP contribution in [0, 0.1) is 0 Å². The number of benzene rings is 2. The predicted molar refractivity (Wildman–Crippen MR) is 93.9 cm³/mol. The molecule has 0 aliphatic carbocycles. The first-order valence-corrected chi connectivity index (χ1v) is 8.14. The van der Waals surface area contributed by atoms with Gasteiger partial charge in [0.2, 0.25) is 5.91 Å². The van der Waals surface area contributed by atoms with Crippen molar-refractivity contribution in [2.75, 3.05) is 38.3 Å². The third kappa shape index (κ3) is 4.19. The molecule has 5 nitrogen and oxygen atoms in total. The second kappa shape index (κ2) is 7.73. The summed E-state index contributed by atoms with van der Waals surface area (Å²) in [5, 5.41) is 2.96. The molecular weight excluding hydrogens is 304 g/mol. The minimum Gasteiger partial charge on any atom is -0.486 e. The molecule has 0 unspecified atom stereocenters. The second-order valence-corrected chi connectivity index (χ2v) is 5.77. The van der Waals surface area contributed by atoms with Crippen LogP contribution < -0.4 is 19.7 Å². The molecule has 0 saturated carbocycles. The Morgan fingerprint density at radius 3 is 2.62 bits per heavy atom. The molecule has 126 valence electrons. The summed E-state index contributed by atoms with van der Waals surface area (Å²) in [5.41, 5.74) is 2.15. The maximum Gasteiger partial charge on any atom is 0.239 e. The van der Waals surface area contributed by atoms with Crippen LogP contribution in [0.5, 0.6) is 11.5 Å². The Balaban J connectivity index is 1.45. The fourth-order valence-corrected chi connectivity index (χ4v) is 2.63. The quantitative estimate of drug-likeness (QED) is 0.885. The van der Waals surface area contributed by atoms with Crippen LogP contribution in [0.2, 0.25) is 0 Å². The molecule has 1 aliphatic rings. The van der Waals surface area contributed by atoms with Crippen molar-refractivity contribution in [3.63, 3.8) is 0 Å². The smallest absolute Gasteiger partial charge is 0.239 e. The van der Waals surface area contributed by atoms with Crippen molar-refractivity contribution in [2.24, 2.45) is 0 Å². The summed E-state index contributed by atoms with van der Waals surface area (Å²) in [7, 11) is 1.91. The molecular formula is C19H22N2O3. The van der Waals surface area contributed by atoms with Gasteiger partial charge in [-0.2, -0.15) is 0 Å². The molecule has 1 amide bonds. The third-order valence-corrected chi connectivity index (χ3v) is 3.92. The lowest BCUT2D eigenvalue weighted by atomic mass is 10.1. The zero-order chi connectivity index (χ0) is 16.8. The van der Waals surface area contributed by atoms with Gasteiger partial charge in [-0.1, -0.05) is 24.3 Å². The van der Waals surface area contributed by atoms with Crippen molar-refractivity contribution in [3.05, 3.63) is 54.1 Å². The highest BCUT2D eigenvalue weighted by Crippen LogP contribution is 2.30. The van der Waals surface area contributed by atoms with Gasteiger partial charge in [0.25, 0.3) is 0 Å². The van der Waals surface area contributed by atoms with Gasteiger partial charge >= 0.3 is 0 Å².